The molecule has 2 heterocycles. The van der Waals surface area contributed by atoms with Gasteiger partial charge < -0.3 is 5.11 Å². The summed E-state index contributed by atoms with van der Waals surface area (Å²) in [4.78, 5) is 14.6. The molecule has 0 unspecified atom stereocenters. The van der Waals surface area contributed by atoms with E-state index in [9.17, 15) is 4.79 Å². The number of aryl methyl sites for hydroxylation is 1. The summed E-state index contributed by atoms with van der Waals surface area (Å²) < 4.78 is 0. The summed E-state index contributed by atoms with van der Waals surface area (Å²) in [6.07, 6.45) is 1.33. The van der Waals surface area contributed by atoms with E-state index in [0.29, 0.717) is 11.0 Å². The molecule has 0 saturated heterocycles. The lowest BCUT2D eigenvalue weighted by Crippen LogP contribution is -1.96. The lowest BCUT2D eigenvalue weighted by atomic mass is 10.2. The summed E-state index contributed by atoms with van der Waals surface area (Å²) in [6.45, 7) is 1.84. The summed E-state index contributed by atoms with van der Waals surface area (Å²) in [5.41, 5.74) is 2.29. The molecule has 2 N–H and O–H groups in total. The van der Waals surface area contributed by atoms with Crippen molar-refractivity contribution in [2.75, 3.05) is 0 Å². The Bertz CT molecular complexity index is 475. The van der Waals surface area contributed by atoms with Crippen molar-refractivity contribution in [3.63, 3.8) is 0 Å². The van der Waals surface area contributed by atoms with Gasteiger partial charge in [-0.05, 0) is 13.0 Å². The summed E-state index contributed by atoms with van der Waals surface area (Å²) >= 11 is 0. The average Bonchev–Trinajstić information content (AvgIpc) is 2.47. The minimum Gasteiger partial charge on any atom is -0.478 e. The van der Waals surface area contributed by atoms with Crippen LogP contribution in [-0.2, 0) is 0 Å². The molecule has 0 atom stereocenters. The highest BCUT2D eigenvalue weighted by molar-refractivity contribution is 5.91. The smallest absolute Gasteiger partial charge is 0.337 e. The molecule has 0 fully saturated rings. The van der Waals surface area contributed by atoms with Gasteiger partial charge in [0.25, 0.3) is 0 Å². The highest BCUT2D eigenvalue weighted by atomic mass is 16.4. The van der Waals surface area contributed by atoms with Crippen LogP contribution in [0.4, 0.5) is 0 Å². The van der Waals surface area contributed by atoms with E-state index >= 15 is 0 Å². The lowest BCUT2D eigenvalue weighted by molar-refractivity contribution is 0.0696. The Hall–Kier alpha value is -1.91. The molecule has 0 aliphatic rings. The Morgan fingerprint density at radius 1 is 1.62 bits per heavy atom. The molecule has 2 aromatic heterocycles. The van der Waals surface area contributed by atoms with E-state index in [-0.39, 0.29) is 5.56 Å². The van der Waals surface area contributed by atoms with Gasteiger partial charge in [0.2, 0.25) is 0 Å². The Labute approximate surface area is 73.4 Å². The Kier molecular flexibility index (Phi) is 1.51. The number of carboxylic acids is 1. The topological polar surface area (TPSA) is 78.9 Å². The molecule has 0 bridgehead atoms. The molecule has 13 heavy (non-hydrogen) atoms. The Morgan fingerprint density at radius 2 is 2.38 bits per heavy atom. The van der Waals surface area contributed by atoms with Crippen LogP contribution in [0.5, 0.6) is 0 Å². The van der Waals surface area contributed by atoms with E-state index in [1.54, 1.807) is 0 Å². The van der Waals surface area contributed by atoms with Crippen molar-refractivity contribution in [3.05, 3.63) is 23.5 Å². The molecule has 5 heteroatoms. The normalized spacial score (nSPS) is 10.5. The molecule has 2 rings (SSSR count). The first-order valence-electron chi connectivity index (χ1n) is 3.72. The predicted octanol–water partition coefficient (Wildman–Crippen LogP) is 0.965. The Morgan fingerprint density at radius 3 is 3.08 bits per heavy atom. The van der Waals surface area contributed by atoms with Crippen molar-refractivity contribution >= 4 is 17.0 Å². The molecule has 0 aromatic carbocycles. The summed E-state index contributed by atoms with van der Waals surface area (Å²) in [5.74, 6) is -0.991. The molecular formula is C8H7N3O2. The van der Waals surface area contributed by atoms with Crippen molar-refractivity contribution in [2.24, 2.45) is 0 Å². The number of aromatic nitrogens is 3. The van der Waals surface area contributed by atoms with E-state index in [2.05, 4.69) is 15.2 Å². The van der Waals surface area contributed by atoms with Crippen LogP contribution in [0.3, 0.4) is 0 Å². The number of nitrogens with zero attached hydrogens (tertiary/aromatic N) is 2. The third kappa shape index (κ3) is 1.14. The second-order valence-electron chi connectivity index (χ2n) is 2.75. The first-order valence-corrected chi connectivity index (χ1v) is 3.72. The number of aromatic amines is 1. The highest BCUT2D eigenvalue weighted by Gasteiger charge is 2.07. The van der Waals surface area contributed by atoms with Gasteiger partial charge in [0.15, 0.2) is 0 Å². The first kappa shape index (κ1) is 7.72. The molecule has 66 valence electrons. The van der Waals surface area contributed by atoms with E-state index in [0.717, 1.165) is 5.69 Å². The van der Waals surface area contributed by atoms with Crippen LogP contribution in [0.1, 0.15) is 16.1 Å². The van der Waals surface area contributed by atoms with E-state index in [4.69, 9.17) is 5.11 Å². The van der Waals surface area contributed by atoms with Gasteiger partial charge in [-0.3, -0.25) is 10.1 Å². The second-order valence-corrected chi connectivity index (χ2v) is 2.75. The molecule has 0 saturated carbocycles. The van der Waals surface area contributed by atoms with E-state index in [1.807, 2.05) is 6.92 Å². The maximum Gasteiger partial charge on any atom is 0.337 e. The van der Waals surface area contributed by atoms with Gasteiger partial charge in [-0.15, -0.1) is 0 Å². The van der Waals surface area contributed by atoms with Gasteiger partial charge in [-0.1, -0.05) is 0 Å². The van der Waals surface area contributed by atoms with E-state index in [1.165, 1.54) is 12.3 Å². The van der Waals surface area contributed by atoms with Gasteiger partial charge in [0.05, 0.1) is 11.3 Å². The fraction of sp³-hybridized carbons (Fsp3) is 0.125. The van der Waals surface area contributed by atoms with Crippen LogP contribution < -0.4 is 0 Å². The fourth-order valence-corrected chi connectivity index (χ4v) is 1.14. The zero-order valence-corrected chi connectivity index (χ0v) is 6.90. The number of H-pyrrole nitrogens is 1. The van der Waals surface area contributed by atoms with Crippen LogP contribution >= 0.6 is 0 Å². The third-order valence-electron chi connectivity index (χ3n) is 1.81. The maximum absolute atomic E-state index is 10.6. The van der Waals surface area contributed by atoms with Gasteiger partial charge in [0, 0.05) is 6.20 Å². The van der Waals surface area contributed by atoms with Crippen molar-refractivity contribution in [1.29, 1.82) is 0 Å². The number of rotatable bonds is 1. The number of pyridine rings is 1. The van der Waals surface area contributed by atoms with Crippen molar-refractivity contribution < 1.29 is 9.90 Å². The van der Waals surface area contributed by atoms with Crippen LogP contribution in [0.2, 0.25) is 0 Å². The van der Waals surface area contributed by atoms with Crippen LogP contribution in [0, 0.1) is 6.92 Å². The number of hydrogen-bond acceptors (Lipinski definition) is 3. The zero-order valence-electron chi connectivity index (χ0n) is 6.90. The first-order chi connectivity index (χ1) is 6.18. The number of aromatic carboxylic acids is 1. The van der Waals surface area contributed by atoms with Crippen LogP contribution in [-0.4, -0.2) is 26.3 Å². The number of carbonyl (C=O) groups is 1. The molecule has 0 amide bonds. The lowest BCUT2D eigenvalue weighted by Gasteiger charge is -1.92. The maximum atomic E-state index is 10.6. The SMILES string of the molecule is Cc1[nH]nc2cc(C(=O)O)cnc12. The molecule has 0 radical (unpaired) electrons. The Balaban J connectivity index is 2.70. The summed E-state index contributed by atoms with van der Waals surface area (Å²) in [5, 5.41) is 15.3. The number of nitrogens with one attached hydrogen (secondary N) is 1. The molecule has 0 spiro atoms. The second kappa shape index (κ2) is 2.55. The predicted molar refractivity (Wildman–Crippen MR) is 45.6 cm³/mol. The van der Waals surface area contributed by atoms with Crippen LogP contribution in [0.25, 0.3) is 11.0 Å². The van der Waals surface area contributed by atoms with E-state index < -0.39 is 5.97 Å². The third-order valence-corrected chi connectivity index (χ3v) is 1.81. The van der Waals surface area contributed by atoms with Gasteiger partial charge in [0.1, 0.15) is 11.0 Å². The molecule has 0 aliphatic heterocycles. The number of carboxylic acid groups (broad SMARTS) is 1. The highest BCUT2D eigenvalue weighted by Crippen LogP contribution is 2.13. The van der Waals surface area contributed by atoms with Crippen molar-refractivity contribution in [2.45, 2.75) is 6.92 Å². The zero-order chi connectivity index (χ0) is 9.42. The molecular weight excluding hydrogens is 170 g/mol. The largest absolute Gasteiger partial charge is 0.478 e. The minimum atomic E-state index is -0.991. The molecule has 0 aliphatic carbocycles. The monoisotopic (exact) mass is 177 g/mol. The van der Waals surface area contributed by atoms with Crippen molar-refractivity contribution in [1.82, 2.24) is 15.2 Å². The summed E-state index contributed by atoms with van der Waals surface area (Å²) in [7, 11) is 0. The molecule has 5 nitrogen and oxygen atoms in total. The number of fused-ring (bicyclic) bond motifs is 1. The van der Waals surface area contributed by atoms with Crippen molar-refractivity contribution in [3.8, 4) is 0 Å². The van der Waals surface area contributed by atoms with Crippen LogP contribution in [0.15, 0.2) is 12.3 Å². The van der Waals surface area contributed by atoms with Gasteiger partial charge in [-0.25, -0.2) is 4.79 Å². The quantitative estimate of drug-likeness (QED) is 0.680. The molecule has 2 aromatic rings. The summed E-state index contributed by atoms with van der Waals surface area (Å²) in [6, 6.07) is 1.49. The number of hydrogen-bond donors (Lipinski definition) is 2. The van der Waals surface area contributed by atoms with Gasteiger partial charge in [-0.2, -0.15) is 5.10 Å². The fourth-order valence-electron chi connectivity index (χ4n) is 1.14. The average molecular weight is 177 g/mol. The minimum absolute atomic E-state index is 0.152. The van der Waals surface area contributed by atoms with Gasteiger partial charge >= 0.3 is 5.97 Å². The standard InChI is InChI=1S/C8H7N3O2/c1-4-7-6(11-10-4)2-5(3-9-7)8(12)13/h2-3H,1H3,(H,10,11)(H,12,13).